The van der Waals surface area contributed by atoms with Gasteiger partial charge >= 0.3 is 0 Å². The molecule has 0 saturated carbocycles. The van der Waals surface area contributed by atoms with E-state index in [0.717, 1.165) is 4.90 Å². The molecule has 8 heteroatoms. The molecule has 1 aliphatic rings. The maximum atomic E-state index is 13.6. The van der Waals surface area contributed by atoms with E-state index in [0.29, 0.717) is 33.8 Å². The van der Waals surface area contributed by atoms with Gasteiger partial charge in [-0.3, -0.25) is 24.1 Å². The lowest BCUT2D eigenvalue weighted by molar-refractivity contribution is -0.119. The van der Waals surface area contributed by atoms with E-state index in [1.807, 2.05) is 0 Å². The van der Waals surface area contributed by atoms with E-state index >= 15 is 0 Å². The predicted molar refractivity (Wildman–Crippen MR) is 128 cm³/mol. The zero-order valence-electron chi connectivity index (χ0n) is 19.1. The van der Waals surface area contributed by atoms with Crippen molar-refractivity contribution in [3.63, 3.8) is 0 Å². The Labute approximate surface area is 200 Å². The van der Waals surface area contributed by atoms with Crippen LogP contribution in [0.1, 0.15) is 49.5 Å². The summed E-state index contributed by atoms with van der Waals surface area (Å²) in [5, 5.41) is 2.83. The summed E-state index contributed by atoms with van der Waals surface area (Å²) in [6.45, 7) is 3.17. The highest BCUT2D eigenvalue weighted by atomic mass is 16.3. The first kappa shape index (κ1) is 22.2. The number of benzene rings is 3. The van der Waals surface area contributed by atoms with Crippen molar-refractivity contribution in [2.45, 2.75) is 26.3 Å². The van der Waals surface area contributed by atoms with Crippen LogP contribution >= 0.6 is 0 Å². The molecule has 3 aromatic carbocycles. The third-order valence-electron chi connectivity index (χ3n) is 6.01. The Morgan fingerprint density at radius 2 is 1.60 bits per heavy atom. The number of aryl methyl sites for hydroxylation is 1. The first-order valence-electron chi connectivity index (χ1n) is 11.1. The number of nitrogens with zero attached hydrogens (tertiary/aromatic N) is 2. The van der Waals surface area contributed by atoms with Crippen molar-refractivity contribution < 1.29 is 23.6 Å². The van der Waals surface area contributed by atoms with Crippen LogP contribution in [0.25, 0.3) is 11.1 Å². The number of carbonyl (C=O) groups is 4. The minimum Gasteiger partial charge on any atom is -0.441 e. The van der Waals surface area contributed by atoms with Gasteiger partial charge in [-0.15, -0.1) is 0 Å². The SMILES string of the molecule is CC(=O)c1ccc(CC(C(=O)Nc2cccc3oc(C)nc23)N2C(=O)c3ccccc3C2=O)cc1. The largest absolute Gasteiger partial charge is 0.441 e. The number of anilines is 1. The van der Waals surface area contributed by atoms with Crippen LogP contribution in [0, 0.1) is 6.92 Å². The van der Waals surface area contributed by atoms with Crippen LogP contribution in [0.2, 0.25) is 0 Å². The topological polar surface area (TPSA) is 110 Å². The highest BCUT2D eigenvalue weighted by Crippen LogP contribution is 2.28. The molecule has 0 radical (unpaired) electrons. The van der Waals surface area contributed by atoms with Crippen LogP contribution in [0.15, 0.2) is 71.1 Å². The average molecular weight is 467 g/mol. The van der Waals surface area contributed by atoms with Gasteiger partial charge in [-0.05, 0) is 36.8 Å². The smallest absolute Gasteiger partial charge is 0.262 e. The molecule has 0 bridgehead atoms. The molecule has 0 saturated heterocycles. The Kier molecular flexibility index (Phi) is 5.49. The quantitative estimate of drug-likeness (QED) is 0.336. The number of nitrogens with one attached hydrogen (secondary N) is 1. The Morgan fingerprint density at radius 3 is 2.23 bits per heavy atom. The maximum Gasteiger partial charge on any atom is 0.262 e. The number of rotatable bonds is 6. The normalized spacial score (nSPS) is 13.7. The molecule has 1 atom stereocenters. The van der Waals surface area contributed by atoms with Gasteiger partial charge in [0.1, 0.15) is 11.6 Å². The van der Waals surface area contributed by atoms with Gasteiger partial charge in [0.2, 0.25) is 5.91 Å². The lowest BCUT2D eigenvalue weighted by Crippen LogP contribution is -2.48. The Balaban J connectivity index is 1.51. The highest BCUT2D eigenvalue weighted by molar-refractivity contribution is 6.23. The van der Waals surface area contributed by atoms with E-state index in [-0.39, 0.29) is 23.3 Å². The monoisotopic (exact) mass is 467 g/mol. The van der Waals surface area contributed by atoms with Gasteiger partial charge in [-0.1, -0.05) is 42.5 Å². The summed E-state index contributed by atoms with van der Waals surface area (Å²) in [5.74, 6) is -1.22. The van der Waals surface area contributed by atoms with Crippen LogP contribution in [0.4, 0.5) is 5.69 Å². The molecule has 3 amide bonds. The number of para-hydroxylation sites is 1. The third kappa shape index (κ3) is 3.99. The molecular weight excluding hydrogens is 446 g/mol. The van der Waals surface area contributed by atoms with E-state index in [1.165, 1.54) is 6.92 Å². The Bertz CT molecular complexity index is 1470. The standard InChI is InChI=1S/C27H21N3O5/c1-15(31)18-12-10-17(11-13-18)14-22(30-26(33)19-6-3-4-7-20(19)27(30)34)25(32)29-21-8-5-9-23-24(21)28-16(2)35-23/h3-13,22H,14H2,1-2H3,(H,29,32). The minimum atomic E-state index is -1.13. The molecule has 0 spiro atoms. The van der Waals surface area contributed by atoms with Crippen molar-refractivity contribution in [1.82, 2.24) is 9.88 Å². The molecule has 4 aromatic rings. The number of hydrogen-bond acceptors (Lipinski definition) is 6. The summed E-state index contributed by atoms with van der Waals surface area (Å²) in [7, 11) is 0. The number of carbonyl (C=O) groups excluding carboxylic acids is 4. The zero-order valence-corrected chi connectivity index (χ0v) is 19.1. The van der Waals surface area contributed by atoms with Crippen LogP contribution in [-0.4, -0.2) is 39.4 Å². The lowest BCUT2D eigenvalue weighted by Gasteiger charge is -2.25. The third-order valence-corrected chi connectivity index (χ3v) is 6.01. The number of imide groups is 1. The fraction of sp³-hybridized carbons (Fsp3) is 0.148. The second-order valence-corrected chi connectivity index (χ2v) is 8.37. The molecule has 1 aliphatic heterocycles. The number of amides is 3. The van der Waals surface area contributed by atoms with Crippen molar-refractivity contribution in [2.24, 2.45) is 0 Å². The molecule has 0 fully saturated rings. The molecule has 35 heavy (non-hydrogen) atoms. The van der Waals surface area contributed by atoms with Gasteiger partial charge in [0.25, 0.3) is 11.8 Å². The van der Waals surface area contributed by atoms with Gasteiger partial charge in [0, 0.05) is 18.9 Å². The van der Waals surface area contributed by atoms with Crippen molar-refractivity contribution >= 4 is 40.3 Å². The van der Waals surface area contributed by atoms with Crippen molar-refractivity contribution in [3.05, 3.63) is 94.9 Å². The van der Waals surface area contributed by atoms with Gasteiger partial charge < -0.3 is 9.73 Å². The number of Topliss-reactive ketones (excluding diaryl/α,β-unsaturated/α-hetero) is 1. The van der Waals surface area contributed by atoms with Gasteiger partial charge in [-0.2, -0.15) is 0 Å². The molecule has 0 aliphatic carbocycles. The number of oxazole rings is 1. The first-order chi connectivity index (χ1) is 16.8. The summed E-state index contributed by atoms with van der Waals surface area (Å²) in [5.41, 5.74) is 3.15. The van der Waals surface area contributed by atoms with Crippen LogP contribution < -0.4 is 5.32 Å². The molecule has 2 heterocycles. The predicted octanol–water partition coefficient (Wildman–Crippen LogP) is 4.18. The van der Waals surface area contributed by atoms with E-state index in [2.05, 4.69) is 10.3 Å². The molecule has 1 aromatic heterocycles. The number of fused-ring (bicyclic) bond motifs is 2. The Morgan fingerprint density at radius 1 is 0.943 bits per heavy atom. The second kappa shape index (κ2) is 8.64. The fourth-order valence-corrected chi connectivity index (χ4v) is 4.27. The molecule has 1 unspecified atom stereocenters. The van der Waals surface area contributed by atoms with E-state index < -0.39 is 23.8 Å². The summed E-state index contributed by atoms with van der Waals surface area (Å²) in [4.78, 5) is 57.0. The maximum absolute atomic E-state index is 13.6. The first-order valence-corrected chi connectivity index (χ1v) is 11.1. The minimum absolute atomic E-state index is 0.0727. The van der Waals surface area contributed by atoms with Crippen molar-refractivity contribution in [2.75, 3.05) is 5.32 Å². The molecule has 174 valence electrons. The van der Waals surface area contributed by atoms with E-state index in [9.17, 15) is 19.2 Å². The summed E-state index contributed by atoms with van der Waals surface area (Å²) in [6, 6.07) is 17.3. The second-order valence-electron chi connectivity index (χ2n) is 8.37. The lowest BCUT2D eigenvalue weighted by atomic mass is 10.0. The number of hydrogen-bond donors (Lipinski definition) is 1. The summed E-state index contributed by atoms with van der Waals surface area (Å²) < 4.78 is 5.54. The van der Waals surface area contributed by atoms with E-state index in [4.69, 9.17) is 4.42 Å². The highest BCUT2D eigenvalue weighted by Gasteiger charge is 2.42. The average Bonchev–Trinajstić information content (AvgIpc) is 3.35. The number of aromatic nitrogens is 1. The van der Waals surface area contributed by atoms with Crippen molar-refractivity contribution in [3.8, 4) is 0 Å². The van der Waals surface area contributed by atoms with Gasteiger partial charge in [0.15, 0.2) is 17.3 Å². The van der Waals surface area contributed by atoms with Crippen LogP contribution in [-0.2, 0) is 11.2 Å². The molecule has 5 rings (SSSR count). The molecule has 8 nitrogen and oxygen atoms in total. The van der Waals surface area contributed by atoms with Crippen LogP contribution in [0.3, 0.4) is 0 Å². The van der Waals surface area contributed by atoms with Crippen LogP contribution in [0.5, 0.6) is 0 Å². The number of ketones is 1. The fourth-order valence-electron chi connectivity index (χ4n) is 4.27. The Hall–Kier alpha value is -4.59. The molecular formula is C27H21N3O5. The summed E-state index contributed by atoms with van der Waals surface area (Å²) >= 11 is 0. The van der Waals surface area contributed by atoms with Gasteiger partial charge in [-0.25, -0.2) is 4.98 Å². The summed E-state index contributed by atoms with van der Waals surface area (Å²) in [6.07, 6.45) is 0.0727. The zero-order chi connectivity index (χ0) is 24.7. The molecule has 1 N–H and O–H groups in total. The van der Waals surface area contributed by atoms with Crippen molar-refractivity contribution in [1.29, 1.82) is 0 Å². The van der Waals surface area contributed by atoms with Gasteiger partial charge in [0.05, 0.1) is 16.8 Å². The van der Waals surface area contributed by atoms with E-state index in [1.54, 1.807) is 73.7 Å².